The maximum absolute atomic E-state index is 12.1. The number of hydrogen-bond donors (Lipinski definition) is 1. The number of phenols is 1. The summed E-state index contributed by atoms with van der Waals surface area (Å²) in [6.45, 7) is 0.835. The van der Waals surface area contributed by atoms with Crippen molar-refractivity contribution in [3.63, 3.8) is 0 Å². The highest BCUT2D eigenvalue weighted by atomic mass is 19.4. The van der Waals surface area contributed by atoms with Gasteiger partial charge in [0.15, 0.2) is 6.10 Å². The van der Waals surface area contributed by atoms with E-state index in [2.05, 4.69) is 4.74 Å². The van der Waals surface area contributed by atoms with Crippen LogP contribution in [0.25, 0.3) is 0 Å². The van der Waals surface area contributed by atoms with Crippen molar-refractivity contribution in [2.45, 2.75) is 25.8 Å². The smallest absolute Gasteiger partial charge is 0.414 e. The number of ether oxygens (including phenoxy) is 1. The fourth-order valence-corrected chi connectivity index (χ4v) is 0.908. The summed E-state index contributed by atoms with van der Waals surface area (Å²) < 4.78 is 40.8. The van der Waals surface area contributed by atoms with E-state index in [9.17, 15) is 13.2 Å². The first-order valence-electron chi connectivity index (χ1n) is 4.36. The Bertz CT molecular complexity index is 305. The predicted octanol–water partition coefficient (Wildman–Crippen LogP) is 2.86. The van der Waals surface area contributed by atoms with Crippen LogP contribution in [0.1, 0.15) is 12.5 Å². The average molecular weight is 220 g/mol. The molecule has 2 nitrogen and oxygen atoms in total. The molecule has 0 amide bonds. The molecule has 0 bridgehead atoms. The fourth-order valence-electron chi connectivity index (χ4n) is 0.908. The number of rotatable bonds is 3. The van der Waals surface area contributed by atoms with Gasteiger partial charge >= 0.3 is 6.18 Å². The van der Waals surface area contributed by atoms with Gasteiger partial charge in [-0.2, -0.15) is 13.2 Å². The van der Waals surface area contributed by atoms with Crippen LogP contribution in [0.4, 0.5) is 13.2 Å². The van der Waals surface area contributed by atoms with Crippen LogP contribution in [0.3, 0.4) is 0 Å². The third-order valence-corrected chi connectivity index (χ3v) is 1.90. The molecule has 0 fully saturated rings. The number of aromatic hydroxyl groups is 1. The van der Waals surface area contributed by atoms with Crippen LogP contribution in [0.2, 0.25) is 0 Å². The summed E-state index contributed by atoms with van der Waals surface area (Å²) >= 11 is 0. The summed E-state index contributed by atoms with van der Waals surface area (Å²) in [6.07, 6.45) is -6.12. The molecule has 5 heteroatoms. The second kappa shape index (κ2) is 4.53. The van der Waals surface area contributed by atoms with Gasteiger partial charge in [-0.05, 0) is 24.6 Å². The molecule has 0 heterocycles. The number of hydrogen-bond acceptors (Lipinski definition) is 2. The Hall–Kier alpha value is -1.23. The summed E-state index contributed by atoms with van der Waals surface area (Å²) in [5.41, 5.74) is 0.587. The van der Waals surface area contributed by atoms with Gasteiger partial charge in [-0.1, -0.05) is 12.1 Å². The molecule has 1 rings (SSSR count). The largest absolute Gasteiger partial charge is 0.508 e. The first-order chi connectivity index (χ1) is 6.89. The molecule has 1 unspecified atom stereocenters. The molecule has 0 spiro atoms. The summed E-state index contributed by atoms with van der Waals surface area (Å²) in [5, 5.41) is 8.94. The van der Waals surface area contributed by atoms with Crippen molar-refractivity contribution in [3.8, 4) is 5.75 Å². The minimum Gasteiger partial charge on any atom is -0.508 e. The standard InChI is InChI=1S/C10H11F3O2/c1-7(10(11,12)13)15-6-8-2-4-9(14)5-3-8/h2-5,7,14H,6H2,1H3. The Morgan fingerprint density at radius 3 is 2.27 bits per heavy atom. The van der Waals surface area contributed by atoms with Gasteiger partial charge in [0.25, 0.3) is 0 Å². The van der Waals surface area contributed by atoms with E-state index >= 15 is 0 Å². The minimum atomic E-state index is -4.34. The molecular formula is C10H11F3O2. The Kier molecular flexibility index (Phi) is 3.57. The van der Waals surface area contributed by atoms with Gasteiger partial charge in [-0.15, -0.1) is 0 Å². The highest BCUT2D eigenvalue weighted by Gasteiger charge is 2.36. The minimum absolute atomic E-state index is 0.0719. The van der Waals surface area contributed by atoms with Gasteiger partial charge in [-0.25, -0.2) is 0 Å². The average Bonchev–Trinajstić information content (AvgIpc) is 2.15. The lowest BCUT2D eigenvalue weighted by Crippen LogP contribution is -2.28. The second-order valence-electron chi connectivity index (χ2n) is 3.16. The SMILES string of the molecule is CC(OCc1ccc(O)cc1)C(F)(F)F. The van der Waals surface area contributed by atoms with Crippen LogP contribution in [0, 0.1) is 0 Å². The van der Waals surface area contributed by atoms with E-state index in [1.165, 1.54) is 24.3 Å². The molecule has 0 aliphatic heterocycles. The normalized spacial score (nSPS) is 13.9. The quantitative estimate of drug-likeness (QED) is 0.848. The highest BCUT2D eigenvalue weighted by molar-refractivity contribution is 5.25. The van der Waals surface area contributed by atoms with Crippen LogP contribution < -0.4 is 0 Å². The molecule has 0 aliphatic carbocycles. The van der Waals surface area contributed by atoms with Crippen molar-refractivity contribution in [1.82, 2.24) is 0 Å². The van der Waals surface area contributed by atoms with Crippen molar-refractivity contribution in [2.24, 2.45) is 0 Å². The molecule has 1 aromatic carbocycles. The molecule has 0 radical (unpaired) electrons. The lowest BCUT2D eigenvalue weighted by molar-refractivity contribution is -0.217. The number of benzene rings is 1. The van der Waals surface area contributed by atoms with Crippen molar-refractivity contribution < 1.29 is 23.0 Å². The van der Waals surface area contributed by atoms with Crippen molar-refractivity contribution >= 4 is 0 Å². The van der Waals surface area contributed by atoms with E-state index in [0.717, 1.165) is 6.92 Å². The zero-order chi connectivity index (χ0) is 11.5. The number of halogens is 3. The van der Waals surface area contributed by atoms with Gasteiger partial charge in [0.05, 0.1) is 6.61 Å². The zero-order valence-electron chi connectivity index (χ0n) is 8.08. The molecule has 84 valence electrons. The zero-order valence-corrected chi connectivity index (χ0v) is 8.08. The summed E-state index contributed by atoms with van der Waals surface area (Å²) in [4.78, 5) is 0. The highest BCUT2D eigenvalue weighted by Crippen LogP contribution is 2.23. The Morgan fingerprint density at radius 2 is 1.80 bits per heavy atom. The van der Waals surface area contributed by atoms with Crippen LogP contribution in [0.5, 0.6) is 5.75 Å². The van der Waals surface area contributed by atoms with Crippen LogP contribution in [-0.4, -0.2) is 17.4 Å². The monoisotopic (exact) mass is 220 g/mol. The summed E-state index contributed by atoms with van der Waals surface area (Å²) in [7, 11) is 0. The van der Waals surface area contributed by atoms with E-state index in [4.69, 9.17) is 5.11 Å². The molecule has 15 heavy (non-hydrogen) atoms. The van der Waals surface area contributed by atoms with Crippen molar-refractivity contribution in [2.75, 3.05) is 0 Å². The number of phenolic OH excluding ortho intramolecular Hbond substituents is 1. The van der Waals surface area contributed by atoms with Gasteiger partial charge < -0.3 is 9.84 Å². The number of alkyl halides is 3. The lowest BCUT2D eigenvalue weighted by atomic mass is 10.2. The van der Waals surface area contributed by atoms with Crippen molar-refractivity contribution in [3.05, 3.63) is 29.8 Å². The van der Waals surface area contributed by atoms with Crippen LogP contribution >= 0.6 is 0 Å². The van der Waals surface area contributed by atoms with E-state index in [1.54, 1.807) is 0 Å². The maximum Gasteiger partial charge on any atom is 0.414 e. The summed E-state index contributed by atoms with van der Waals surface area (Å²) in [5.74, 6) is 0.0719. The van der Waals surface area contributed by atoms with Gasteiger partial charge in [0.1, 0.15) is 5.75 Å². The van der Waals surface area contributed by atoms with Gasteiger partial charge in [0, 0.05) is 0 Å². The topological polar surface area (TPSA) is 29.5 Å². The lowest BCUT2D eigenvalue weighted by Gasteiger charge is -2.16. The van der Waals surface area contributed by atoms with Crippen LogP contribution in [-0.2, 0) is 11.3 Å². The molecule has 1 aromatic rings. The molecular weight excluding hydrogens is 209 g/mol. The molecule has 0 aliphatic rings. The Morgan fingerprint density at radius 1 is 1.27 bits per heavy atom. The van der Waals surface area contributed by atoms with E-state index in [1.807, 2.05) is 0 Å². The fraction of sp³-hybridized carbons (Fsp3) is 0.400. The first-order valence-corrected chi connectivity index (χ1v) is 4.36. The van der Waals surface area contributed by atoms with Crippen LogP contribution in [0.15, 0.2) is 24.3 Å². The van der Waals surface area contributed by atoms with E-state index < -0.39 is 12.3 Å². The first kappa shape index (κ1) is 11.8. The van der Waals surface area contributed by atoms with E-state index in [-0.39, 0.29) is 12.4 Å². The molecule has 0 saturated heterocycles. The predicted molar refractivity (Wildman–Crippen MR) is 48.4 cm³/mol. The maximum atomic E-state index is 12.1. The molecule has 1 atom stereocenters. The van der Waals surface area contributed by atoms with E-state index in [0.29, 0.717) is 5.56 Å². The molecule has 0 aromatic heterocycles. The van der Waals surface area contributed by atoms with Gasteiger partial charge in [-0.3, -0.25) is 0 Å². The van der Waals surface area contributed by atoms with Crippen molar-refractivity contribution in [1.29, 1.82) is 0 Å². The van der Waals surface area contributed by atoms with Gasteiger partial charge in [0.2, 0.25) is 0 Å². The molecule has 1 N–H and O–H groups in total. The molecule has 0 saturated carbocycles. The third kappa shape index (κ3) is 3.79. The Labute approximate surface area is 85.3 Å². The Balaban J connectivity index is 2.47. The second-order valence-corrected chi connectivity index (χ2v) is 3.16. The third-order valence-electron chi connectivity index (χ3n) is 1.90. The summed E-state index contributed by atoms with van der Waals surface area (Å²) in [6, 6.07) is 5.82.